The Morgan fingerprint density at radius 3 is 2.47 bits per heavy atom. The first kappa shape index (κ1) is 22.7. The van der Waals surface area contributed by atoms with Gasteiger partial charge in [-0.2, -0.15) is 15.0 Å². The summed E-state index contributed by atoms with van der Waals surface area (Å²) in [6, 6.07) is 10.9. The van der Waals surface area contributed by atoms with Gasteiger partial charge in [0.15, 0.2) is 11.5 Å². The third-order valence-corrected chi connectivity index (χ3v) is 6.22. The lowest BCUT2D eigenvalue weighted by Gasteiger charge is -2.34. The van der Waals surface area contributed by atoms with Gasteiger partial charge in [0.1, 0.15) is 0 Å². The molecule has 0 saturated carbocycles. The topological polar surface area (TPSA) is 136 Å². The van der Waals surface area contributed by atoms with E-state index in [0.29, 0.717) is 59.0 Å². The predicted molar refractivity (Wildman–Crippen MR) is 132 cm³/mol. The average molecular weight is 503 g/mol. The maximum atomic E-state index is 6.19. The van der Waals surface area contributed by atoms with Gasteiger partial charge in [0.05, 0.1) is 10.0 Å². The molecule has 0 unspecified atom stereocenters. The van der Waals surface area contributed by atoms with E-state index in [1.54, 1.807) is 18.2 Å². The van der Waals surface area contributed by atoms with Crippen LogP contribution in [-0.2, 0) is 6.54 Å². The van der Waals surface area contributed by atoms with E-state index in [4.69, 9.17) is 44.1 Å². The van der Waals surface area contributed by atoms with Crippen LogP contribution in [0.25, 0.3) is 0 Å². The number of fused-ring (bicyclic) bond motifs is 1. The monoisotopic (exact) mass is 502 g/mol. The molecule has 0 aliphatic carbocycles. The zero-order valence-corrected chi connectivity index (χ0v) is 19.7. The van der Waals surface area contributed by atoms with Gasteiger partial charge in [-0.15, -0.1) is 0 Å². The Morgan fingerprint density at radius 1 is 0.912 bits per heavy atom. The van der Waals surface area contributed by atoms with Gasteiger partial charge >= 0.3 is 0 Å². The molecule has 0 radical (unpaired) electrons. The van der Waals surface area contributed by atoms with Gasteiger partial charge in [-0.1, -0.05) is 29.3 Å². The summed E-state index contributed by atoms with van der Waals surface area (Å²) >= 11 is 12.2. The minimum absolute atomic E-state index is 0.0583. The summed E-state index contributed by atoms with van der Waals surface area (Å²) < 4.78 is 10.8. The Kier molecular flexibility index (Phi) is 6.46. The average Bonchev–Trinajstić information content (AvgIpc) is 3.27. The number of aromatic nitrogens is 3. The van der Waals surface area contributed by atoms with E-state index in [9.17, 15) is 0 Å². The van der Waals surface area contributed by atoms with Crippen molar-refractivity contribution >= 4 is 46.7 Å². The van der Waals surface area contributed by atoms with Gasteiger partial charge in [-0.3, -0.25) is 0 Å². The second kappa shape index (κ2) is 9.67. The van der Waals surface area contributed by atoms with Crippen molar-refractivity contribution in [3.05, 3.63) is 52.0 Å². The van der Waals surface area contributed by atoms with Crippen LogP contribution < -0.4 is 36.5 Å². The molecule has 34 heavy (non-hydrogen) atoms. The van der Waals surface area contributed by atoms with E-state index in [-0.39, 0.29) is 18.9 Å². The molecule has 12 heteroatoms. The lowest BCUT2D eigenvalue weighted by molar-refractivity contribution is 0.174. The highest BCUT2D eigenvalue weighted by molar-refractivity contribution is 6.42. The molecule has 2 aliphatic heterocycles. The van der Waals surface area contributed by atoms with Crippen molar-refractivity contribution in [3.63, 3.8) is 0 Å². The molecule has 178 valence electrons. The summed E-state index contributed by atoms with van der Waals surface area (Å²) in [6.07, 6.45) is 0.755. The van der Waals surface area contributed by atoms with Crippen molar-refractivity contribution in [1.29, 1.82) is 0 Å². The van der Waals surface area contributed by atoms with Crippen molar-refractivity contribution in [2.75, 3.05) is 35.4 Å². The Bertz CT molecular complexity index is 1190. The van der Waals surface area contributed by atoms with E-state index in [1.165, 1.54) is 0 Å². The van der Waals surface area contributed by atoms with Gasteiger partial charge in [-0.05, 0) is 42.3 Å². The summed E-state index contributed by atoms with van der Waals surface area (Å²) in [7, 11) is 0. The van der Waals surface area contributed by atoms with Crippen LogP contribution in [0.3, 0.4) is 0 Å². The Morgan fingerprint density at radius 2 is 1.68 bits per heavy atom. The number of halogens is 2. The van der Waals surface area contributed by atoms with Gasteiger partial charge in [0.25, 0.3) is 0 Å². The fourth-order valence-corrected chi connectivity index (χ4v) is 4.22. The van der Waals surface area contributed by atoms with Crippen LogP contribution in [0, 0.1) is 0 Å². The van der Waals surface area contributed by atoms with Crippen molar-refractivity contribution in [2.45, 2.75) is 25.0 Å². The first-order valence-electron chi connectivity index (χ1n) is 10.8. The molecule has 0 amide bonds. The Labute approximate surface area is 206 Å². The highest BCUT2D eigenvalue weighted by atomic mass is 35.5. The Balaban J connectivity index is 1.40. The Hall–Kier alpha value is -3.05. The van der Waals surface area contributed by atoms with Crippen LogP contribution >= 0.6 is 23.2 Å². The van der Waals surface area contributed by atoms with E-state index >= 15 is 0 Å². The summed E-state index contributed by atoms with van der Waals surface area (Å²) in [6.45, 7) is 1.91. The minimum Gasteiger partial charge on any atom is -0.454 e. The quantitative estimate of drug-likeness (QED) is 0.397. The van der Waals surface area contributed by atoms with Crippen LogP contribution in [0.15, 0.2) is 36.4 Å². The second-order valence-electron chi connectivity index (χ2n) is 8.24. The van der Waals surface area contributed by atoms with Crippen molar-refractivity contribution in [2.24, 2.45) is 11.5 Å². The van der Waals surface area contributed by atoms with E-state index in [0.717, 1.165) is 17.7 Å². The molecule has 2 atom stereocenters. The van der Waals surface area contributed by atoms with Crippen molar-refractivity contribution in [1.82, 2.24) is 15.0 Å². The van der Waals surface area contributed by atoms with E-state index in [2.05, 4.69) is 25.6 Å². The highest BCUT2D eigenvalue weighted by Crippen LogP contribution is 2.33. The number of hydrogen-bond donors (Lipinski definition) is 4. The number of rotatable bonds is 6. The molecular weight excluding hydrogens is 479 g/mol. The molecule has 2 aromatic carbocycles. The minimum atomic E-state index is -0.0583. The number of nitrogens with zero attached hydrogens (tertiary/aromatic N) is 4. The molecule has 0 bridgehead atoms. The van der Waals surface area contributed by atoms with Gasteiger partial charge < -0.3 is 36.5 Å². The second-order valence-corrected chi connectivity index (χ2v) is 9.05. The zero-order chi connectivity index (χ0) is 23.7. The van der Waals surface area contributed by atoms with Gasteiger partial charge in [0, 0.05) is 37.4 Å². The number of hydrogen-bond acceptors (Lipinski definition) is 10. The third kappa shape index (κ3) is 5.20. The molecule has 5 rings (SSSR count). The number of ether oxygens (including phenoxy) is 2. The largest absolute Gasteiger partial charge is 0.454 e. The molecule has 2 aliphatic rings. The number of anilines is 4. The molecule has 3 aromatic rings. The molecule has 1 saturated heterocycles. The van der Waals surface area contributed by atoms with Crippen LogP contribution in [0.1, 0.15) is 12.0 Å². The molecule has 0 spiro atoms. The molecule has 10 nitrogen and oxygen atoms in total. The van der Waals surface area contributed by atoms with Gasteiger partial charge in [0.2, 0.25) is 24.6 Å². The standard InChI is InChI=1S/C22H24Cl2N8O2/c23-16-3-2-15(7-17(16)24)28-21-29-20(27-8-12-1-4-18-19(5-12)34-11-33-18)30-22(31-21)32-9-13(25)6-14(26)10-32/h1-5,7,13-14H,6,8-11,25-26H2,(H2,27,28,29,30,31)/t13-,14+. The SMILES string of the molecule is N[C@@H]1C[C@H](N)CN(c2nc(NCc3ccc4c(c3)OCO4)nc(Nc3ccc(Cl)c(Cl)c3)n2)C1. The summed E-state index contributed by atoms with van der Waals surface area (Å²) in [5.74, 6) is 2.68. The maximum Gasteiger partial charge on any atom is 0.233 e. The van der Waals surface area contributed by atoms with Crippen LogP contribution in [0.5, 0.6) is 11.5 Å². The van der Waals surface area contributed by atoms with Crippen molar-refractivity contribution < 1.29 is 9.47 Å². The highest BCUT2D eigenvalue weighted by Gasteiger charge is 2.25. The van der Waals surface area contributed by atoms with Crippen LogP contribution in [0.4, 0.5) is 23.5 Å². The zero-order valence-electron chi connectivity index (χ0n) is 18.2. The predicted octanol–water partition coefficient (Wildman–Crippen LogP) is 3.13. The molecular formula is C22H24Cl2N8O2. The molecule has 3 heterocycles. The molecule has 1 aromatic heterocycles. The number of benzene rings is 2. The van der Waals surface area contributed by atoms with Gasteiger partial charge in [-0.25, -0.2) is 0 Å². The van der Waals surface area contributed by atoms with E-state index < -0.39 is 0 Å². The molecule has 6 N–H and O–H groups in total. The fourth-order valence-electron chi connectivity index (χ4n) is 3.92. The number of piperidine rings is 1. The molecule has 1 fully saturated rings. The van der Waals surface area contributed by atoms with Crippen LogP contribution in [-0.4, -0.2) is 46.9 Å². The first-order valence-corrected chi connectivity index (χ1v) is 11.6. The summed E-state index contributed by atoms with van der Waals surface area (Å²) in [4.78, 5) is 15.7. The summed E-state index contributed by atoms with van der Waals surface area (Å²) in [5, 5.41) is 7.33. The number of nitrogens with two attached hydrogens (primary N) is 2. The fraction of sp³-hybridized carbons (Fsp3) is 0.318. The lowest BCUT2D eigenvalue weighted by Crippen LogP contribution is -2.52. The lowest BCUT2D eigenvalue weighted by atomic mass is 10.0. The first-order chi connectivity index (χ1) is 16.4. The maximum absolute atomic E-state index is 6.19. The third-order valence-electron chi connectivity index (χ3n) is 5.49. The normalized spacial score (nSPS) is 19.2. The smallest absolute Gasteiger partial charge is 0.233 e. The van der Waals surface area contributed by atoms with Crippen LogP contribution in [0.2, 0.25) is 10.0 Å². The summed E-state index contributed by atoms with van der Waals surface area (Å²) in [5.41, 5.74) is 14.1. The van der Waals surface area contributed by atoms with Crippen molar-refractivity contribution in [3.8, 4) is 11.5 Å². The number of nitrogens with one attached hydrogen (secondary N) is 2. The van der Waals surface area contributed by atoms with E-state index in [1.807, 2.05) is 23.1 Å².